The third kappa shape index (κ3) is 4.89. The number of ether oxygens (including phenoxy) is 1. The van der Waals surface area contributed by atoms with Crippen LogP contribution in [0.1, 0.15) is 41.0 Å². The molecule has 134 valence electrons. The van der Waals surface area contributed by atoms with E-state index < -0.39 is 29.4 Å². The molecule has 1 atom stereocenters. The third-order valence-corrected chi connectivity index (χ3v) is 3.94. The Kier molecular flexibility index (Phi) is 6.86. The first-order chi connectivity index (χ1) is 11.6. The molecule has 0 amide bonds. The van der Waals surface area contributed by atoms with Gasteiger partial charge in [-0.3, -0.25) is 9.59 Å². The largest absolute Gasteiger partial charge is 0.504 e. The lowest BCUT2D eigenvalue weighted by atomic mass is 9.88. The smallest absolute Gasteiger partial charge is 0.333 e. The Balaban J connectivity index is 3.17. The van der Waals surface area contributed by atoms with Gasteiger partial charge in [0.15, 0.2) is 11.5 Å². The van der Waals surface area contributed by atoms with Crippen LogP contribution in [-0.2, 0) is 19.1 Å². The van der Waals surface area contributed by atoms with E-state index in [1.165, 1.54) is 6.92 Å². The van der Waals surface area contributed by atoms with Crippen LogP contribution in [0.3, 0.4) is 0 Å². The summed E-state index contributed by atoms with van der Waals surface area (Å²) in [7, 11) is 0. The molecule has 5 nitrogen and oxygen atoms in total. The van der Waals surface area contributed by atoms with Gasteiger partial charge in [0.05, 0.1) is 0 Å². The van der Waals surface area contributed by atoms with Crippen LogP contribution in [0.15, 0.2) is 58.4 Å². The molecule has 0 radical (unpaired) electrons. The molecule has 1 N–H and O–H groups in total. The number of esters is 1. The van der Waals surface area contributed by atoms with E-state index >= 15 is 0 Å². The Morgan fingerprint density at radius 1 is 1.32 bits per heavy atom. The highest BCUT2D eigenvalue weighted by Crippen LogP contribution is 2.27. The molecule has 0 spiro atoms. The van der Waals surface area contributed by atoms with E-state index in [4.69, 9.17) is 4.74 Å². The molecular weight excluding hydrogens is 320 g/mol. The molecule has 1 unspecified atom stereocenters. The number of Topliss-reactive ketones (excluding diaryl/α,β-unsaturated/α-hetero) is 1. The summed E-state index contributed by atoms with van der Waals surface area (Å²) in [5.74, 6) is -2.28. The van der Waals surface area contributed by atoms with E-state index in [1.807, 2.05) is 19.9 Å². The molecule has 0 heterocycles. The minimum absolute atomic E-state index is 0.0100. The van der Waals surface area contributed by atoms with Gasteiger partial charge in [0.25, 0.3) is 0 Å². The Hall–Kier alpha value is -2.69. The second kappa shape index (κ2) is 8.42. The Morgan fingerprint density at radius 3 is 2.44 bits per heavy atom. The van der Waals surface area contributed by atoms with Crippen molar-refractivity contribution in [2.75, 3.05) is 0 Å². The molecule has 0 aliphatic heterocycles. The molecular formula is C20H24O5. The monoisotopic (exact) mass is 344 g/mol. The molecule has 0 aromatic heterocycles. The van der Waals surface area contributed by atoms with Crippen molar-refractivity contribution >= 4 is 17.5 Å². The van der Waals surface area contributed by atoms with Gasteiger partial charge in [-0.05, 0) is 46.3 Å². The first-order valence-corrected chi connectivity index (χ1v) is 7.97. The van der Waals surface area contributed by atoms with E-state index in [0.29, 0.717) is 12.0 Å². The lowest BCUT2D eigenvalue weighted by Crippen LogP contribution is -2.26. The Bertz CT molecular complexity index is 740. The molecule has 0 saturated carbocycles. The van der Waals surface area contributed by atoms with Gasteiger partial charge in [0.2, 0.25) is 5.78 Å². The molecule has 1 aliphatic carbocycles. The standard InChI is InChI=1S/C20H24O5/c1-7-12(4)20(24)25-17(9-8-11(2)3)13(5)15-10-16(21)14(6)18(22)19(15)23/h7-8,10,17,22H,5,9H2,1-4,6H3. The van der Waals surface area contributed by atoms with Gasteiger partial charge in [0, 0.05) is 23.1 Å². The highest BCUT2D eigenvalue weighted by Gasteiger charge is 2.31. The quantitative estimate of drug-likeness (QED) is 0.344. The highest BCUT2D eigenvalue weighted by atomic mass is 16.5. The Morgan fingerprint density at radius 2 is 1.92 bits per heavy atom. The average molecular weight is 344 g/mol. The maximum absolute atomic E-state index is 12.3. The van der Waals surface area contributed by atoms with Crippen LogP contribution in [0.4, 0.5) is 0 Å². The number of aliphatic hydroxyl groups excluding tert-OH is 1. The van der Waals surface area contributed by atoms with Gasteiger partial charge in [0.1, 0.15) is 6.10 Å². The topological polar surface area (TPSA) is 80.7 Å². The summed E-state index contributed by atoms with van der Waals surface area (Å²) < 4.78 is 5.46. The van der Waals surface area contributed by atoms with Crippen LogP contribution in [0, 0.1) is 0 Å². The fourth-order valence-electron chi connectivity index (χ4n) is 2.08. The molecule has 25 heavy (non-hydrogen) atoms. The number of hydrogen-bond donors (Lipinski definition) is 1. The number of rotatable bonds is 6. The van der Waals surface area contributed by atoms with Gasteiger partial charge in [-0.2, -0.15) is 0 Å². The first-order valence-electron chi connectivity index (χ1n) is 7.97. The molecule has 0 aromatic carbocycles. The summed E-state index contributed by atoms with van der Waals surface area (Å²) in [6.45, 7) is 12.3. The summed E-state index contributed by atoms with van der Waals surface area (Å²) in [6, 6.07) is 0. The minimum Gasteiger partial charge on any atom is -0.504 e. The van der Waals surface area contributed by atoms with E-state index in [1.54, 1.807) is 19.9 Å². The van der Waals surface area contributed by atoms with Crippen molar-refractivity contribution in [3.05, 3.63) is 58.4 Å². The maximum atomic E-state index is 12.3. The van der Waals surface area contributed by atoms with Crippen molar-refractivity contribution in [3.63, 3.8) is 0 Å². The van der Waals surface area contributed by atoms with Crippen LogP contribution in [0.2, 0.25) is 0 Å². The first kappa shape index (κ1) is 20.4. The predicted molar refractivity (Wildman–Crippen MR) is 95.9 cm³/mol. The zero-order valence-electron chi connectivity index (χ0n) is 15.3. The number of carbonyl (C=O) groups is 3. The summed E-state index contributed by atoms with van der Waals surface area (Å²) in [6.07, 6.45) is 4.10. The van der Waals surface area contributed by atoms with E-state index in [9.17, 15) is 19.5 Å². The van der Waals surface area contributed by atoms with Crippen LogP contribution in [-0.4, -0.2) is 28.7 Å². The van der Waals surface area contributed by atoms with Gasteiger partial charge >= 0.3 is 5.97 Å². The zero-order chi connectivity index (χ0) is 19.3. The van der Waals surface area contributed by atoms with Crippen molar-refractivity contribution < 1.29 is 24.2 Å². The molecule has 0 saturated heterocycles. The number of allylic oxidation sites excluding steroid dienone is 5. The van der Waals surface area contributed by atoms with Crippen molar-refractivity contribution in [3.8, 4) is 0 Å². The van der Waals surface area contributed by atoms with E-state index in [2.05, 4.69) is 6.58 Å². The van der Waals surface area contributed by atoms with E-state index in [-0.39, 0.29) is 16.7 Å². The molecule has 0 aromatic rings. The lowest BCUT2D eigenvalue weighted by Gasteiger charge is -2.22. The summed E-state index contributed by atoms with van der Waals surface area (Å²) in [5, 5.41) is 9.84. The number of aliphatic hydroxyl groups is 1. The number of hydrogen-bond acceptors (Lipinski definition) is 5. The number of ketones is 2. The van der Waals surface area contributed by atoms with Crippen molar-refractivity contribution in [1.29, 1.82) is 0 Å². The second-order valence-corrected chi connectivity index (χ2v) is 6.13. The van der Waals surface area contributed by atoms with E-state index in [0.717, 1.165) is 11.6 Å². The highest BCUT2D eigenvalue weighted by molar-refractivity contribution is 6.23. The van der Waals surface area contributed by atoms with Crippen LogP contribution in [0.5, 0.6) is 0 Å². The molecule has 1 rings (SSSR count). The maximum Gasteiger partial charge on any atom is 0.333 e. The zero-order valence-corrected chi connectivity index (χ0v) is 15.3. The predicted octanol–water partition coefficient (Wildman–Crippen LogP) is 3.69. The number of carbonyl (C=O) groups excluding carboxylic acids is 3. The Labute approximate surface area is 148 Å². The van der Waals surface area contributed by atoms with Crippen LogP contribution in [0.25, 0.3) is 0 Å². The minimum atomic E-state index is -0.813. The fraction of sp³-hybridized carbons (Fsp3) is 0.350. The molecule has 1 aliphatic rings. The molecule has 5 heteroatoms. The van der Waals surface area contributed by atoms with Crippen molar-refractivity contribution in [2.24, 2.45) is 0 Å². The summed E-state index contributed by atoms with van der Waals surface area (Å²) in [4.78, 5) is 36.3. The second-order valence-electron chi connectivity index (χ2n) is 6.13. The summed E-state index contributed by atoms with van der Waals surface area (Å²) in [5.41, 5.74) is 1.58. The summed E-state index contributed by atoms with van der Waals surface area (Å²) >= 11 is 0. The average Bonchev–Trinajstić information content (AvgIpc) is 2.57. The molecule has 0 bridgehead atoms. The van der Waals surface area contributed by atoms with Crippen LogP contribution >= 0.6 is 0 Å². The SMILES string of the molecule is C=C(C1=CC(=O)C(C)=C(O)C1=O)C(CC=C(C)C)OC(=O)C(C)=CC. The van der Waals surface area contributed by atoms with Crippen molar-refractivity contribution in [1.82, 2.24) is 0 Å². The van der Waals surface area contributed by atoms with Crippen LogP contribution < -0.4 is 0 Å². The van der Waals surface area contributed by atoms with Gasteiger partial charge in [-0.25, -0.2) is 4.79 Å². The van der Waals surface area contributed by atoms with Crippen molar-refractivity contribution in [2.45, 2.75) is 47.1 Å². The normalized spacial score (nSPS) is 16.4. The fourth-order valence-corrected chi connectivity index (χ4v) is 2.08. The third-order valence-electron chi connectivity index (χ3n) is 3.94. The lowest BCUT2D eigenvalue weighted by molar-refractivity contribution is -0.142. The van der Waals surface area contributed by atoms with Gasteiger partial charge < -0.3 is 9.84 Å². The van der Waals surface area contributed by atoms with Gasteiger partial charge in [-0.15, -0.1) is 0 Å². The van der Waals surface area contributed by atoms with Gasteiger partial charge in [-0.1, -0.05) is 24.3 Å². The molecule has 0 fully saturated rings.